The molecule has 30 heavy (non-hydrogen) atoms. The van der Waals surface area contributed by atoms with E-state index < -0.39 is 11.7 Å². The van der Waals surface area contributed by atoms with Gasteiger partial charge in [0.2, 0.25) is 5.91 Å². The number of amides is 1. The van der Waals surface area contributed by atoms with Crippen LogP contribution in [0, 0.1) is 0 Å². The van der Waals surface area contributed by atoms with E-state index in [2.05, 4.69) is 0 Å². The summed E-state index contributed by atoms with van der Waals surface area (Å²) in [6, 6.07) is 19.5. The SMILES string of the molecule is CC(C(=O)N1CC=C(c2cccc(C(F)(F)F)c2)CC1)c1ccc2ccccc2c1. The van der Waals surface area contributed by atoms with Gasteiger partial charge in [0.1, 0.15) is 0 Å². The van der Waals surface area contributed by atoms with E-state index in [4.69, 9.17) is 0 Å². The van der Waals surface area contributed by atoms with Gasteiger partial charge in [-0.25, -0.2) is 0 Å². The van der Waals surface area contributed by atoms with Crippen molar-refractivity contribution in [2.75, 3.05) is 13.1 Å². The molecule has 1 atom stereocenters. The summed E-state index contributed by atoms with van der Waals surface area (Å²) in [6.45, 7) is 2.81. The van der Waals surface area contributed by atoms with E-state index in [1.807, 2.05) is 55.5 Å². The number of hydrogen-bond acceptors (Lipinski definition) is 1. The highest BCUT2D eigenvalue weighted by Crippen LogP contribution is 2.32. The standard InChI is InChI=1S/C25H22F3NO/c1-17(20-10-9-18-5-2-3-6-21(18)15-20)24(30)29-13-11-19(12-14-29)22-7-4-8-23(16-22)25(26,27)28/h2-11,15-17H,12-14H2,1H3. The molecule has 1 aliphatic heterocycles. The molecule has 0 N–H and O–H groups in total. The molecule has 0 fully saturated rings. The van der Waals surface area contributed by atoms with Gasteiger partial charge in [0.25, 0.3) is 0 Å². The van der Waals surface area contributed by atoms with Gasteiger partial charge in [0, 0.05) is 13.1 Å². The van der Waals surface area contributed by atoms with Crippen LogP contribution in [0.15, 0.2) is 72.8 Å². The predicted molar refractivity (Wildman–Crippen MR) is 113 cm³/mol. The fraction of sp³-hybridized carbons (Fsp3) is 0.240. The van der Waals surface area contributed by atoms with Crippen LogP contribution in [0.5, 0.6) is 0 Å². The quantitative estimate of drug-likeness (QED) is 0.499. The molecule has 1 unspecified atom stereocenters. The van der Waals surface area contributed by atoms with Gasteiger partial charge in [0.15, 0.2) is 0 Å². The Hall–Kier alpha value is -3.08. The van der Waals surface area contributed by atoms with Crippen LogP contribution >= 0.6 is 0 Å². The molecule has 1 amide bonds. The average molecular weight is 409 g/mol. The smallest absolute Gasteiger partial charge is 0.338 e. The number of rotatable bonds is 3. The Balaban J connectivity index is 1.48. The Bertz CT molecular complexity index is 1120. The number of halogens is 3. The number of alkyl halides is 3. The summed E-state index contributed by atoms with van der Waals surface area (Å²) in [6.07, 6.45) is -1.95. The molecule has 4 rings (SSSR count). The molecule has 2 nitrogen and oxygen atoms in total. The lowest BCUT2D eigenvalue weighted by molar-refractivity contribution is -0.137. The summed E-state index contributed by atoms with van der Waals surface area (Å²) in [4.78, 5) is 14.8. The van der Waals surface area contributed by atoms with E-state index in [-0.39, 0.29) is 11.8 Å². The molecule has 154 valence electrons. The Labute approximate surface area is 173 Å². The first-order valence-corrected chi connectivity index (χ1v) is 9.97. The summed E-state index contributed by atoms with van der Waals surface area (Å²) in [5.74, 6) is -0.247. The molecule has 5 heteroatoms. The van der Waals surface area contributed by atoms with Crippen molar-refractivity contribution in [2.45, 2.75) is 25.4 Å². The molecule has 3 aromatic rings. The van der Waals surface area contributed by atoms with E-state index in [1.54, 1.807) is 11.0 Å². The normalized spacial score (nSPS) is 15.7. The number of hydrogen-bond donors (Lipinski definition) is 0. The third kappa shape index (κ3) is 4.11. The number of carbonyl (C=O) groups excluding carboxylic acids is 1. The van der Waals surface area contributed by atoms with Crippen molar-refractivity contribution < 1.29 is 18.0 Å². The Morgan fingerprint density at radius 2 is 1.73 bits per heavy atom. The van der Waals surface area contributed by atoms with Crippen molar-refractivity contribution >= 4 is 22.3 Å². The molecule has 0 aromatic heterocycles. The fourth-order valence-electron chi connectivity index (χ4n) is 3.92. The van der Waals surface area contributed by atoms with E-state index in [9.17, 15) is 18.0 Å². The number of carbonyl (C=O) groups is 1. The molecule has 1 aliphatic rings. The van der Waals surface area contributed by atoms with Gasteiger partial charge in [-0.05, 0) is 52.9 Å². The number of benzene rings is 3. The topological polar surface area (TPSA) is 20.3 Å². The lowest BCUT2D eigenvalue weighted by atomic mass is 9.94. The van der Waals surface area contributed by atoms with Crippen molar-refractivity contribution in [3.05, 3.63) is 89.5 Å². The monoisotopic (exact) mass is 409 g/mol. The molecular formula is C25H22F3NO. The molecule has 3 aromatic carbocycles. The van der Waals surface area contributed by atoms with Crippen LogP contribution in [-0.2, 0) is 11.0 Å². The van der Waals surface area contributed by atoms with Crippen LogP contribution in [0.4, 0.5) is 13.2 Å². The molecular weight excluding hydrogens is 387 g/mol. The highest BCUT2D eigenvalue weighted by molar-refractivity contribution is 5.88. The van der Waals surface area contributed by atoms with Gasteiger partial charge in [-0.3, -0.25) is 4.79 Å². The number of fused-ring (bicyclic) bond motifs is 1. The van der Waals surface area contributed by atoms with Crippen LogP contribution in [-0.4, -0.2) is 23.9 Å². The number of nitrogens with zero attached hydrogens (tertiary/aromatic N) is 1. The summed E-state index contributed by atoms with van der Waals surface area (Å²) in [5, 5.41) is 2.23. The van der Waals surface area contributed by atoms with Crippen molar-refractivity contribution in [1.82, 2.24) is 4.90 Å². The minimum Gasteiger partial charge on any atom is -0.338 e. The molecule has 1 heterocycles. The molecule has 0 aliphatic carbocycles. The van der Waals surface area contributed by atoms with Gasteiger partial charge < -0.3 is 4.90 Å². The first-order valence-electron chi connectivity index (χ1n) is 9.97. The Morgan fingerprint density at radius 3 is 2.43 bits per heavy atom. The molecule has 0 saturated carbocycles. The van der Waals surface area contributed by atoms with Gasteiger partial charge in [-0.1, -0.05) is 60.7 Å². The lowest BCUT2D eigenvalue weighted by Gasteiger charge is -2.29. The average Bonchev–Trinajstić information content (AvgIpc) is 2.77. The molecule has 0 saturated heterocycles. The van der Waals surface area contributed by atoms with Crippen molar-refractivity contribution in [3.63, 3.8) is 0 Å². The maximum absolute atomic E-state index is 13.0. The third-order valence-electron chi connectivity index (χ3n) is 5.73. The summed E-state index contributed by atoms with van der Waals surface area (Å²) in [7, 11) is 0. The fourth-order valence-corrected chi connectivity index (χ4v) is 3.92. The minimum atomic E-state index is -4.36. The van der Waals surface area contributed by atoms with Crippen LogP contribution < -0.4 is 0 Å². The van der Waals surface area contributed by atoms with Crippen molar-refractivity contribution in [3.8, 4) is 0 Å². The second-order valence-corrected chi connectivity index (χ2v) is 7.67. The second-order valence-electron chi connectivity index (χ2n) is 7.67. The van der Waals surface area contributed by atoms with Crippen LogP contribution in [0.3, 0.4) is 0 Å². The second kappa shape index (κ2) is 7.98. The molecule has 0 radical (unpaired) electrons. The van der Waals surface area contributed by atoms with E-state index in [0.717, 1.165) is 28.0 Å². The largest absolute Gasteiger partial charge is 0.416 e. The van der Waals surface area contributed by atoms with Gasteiger partial charge in [-0.15, -0.1) is 0 Å². The van der Waals surface area contributed by atoms with Crippen LogP contribution in [0.2, 0.25) is 0 Å². The Kier molecular flexibility index (Phi) is 5.37. The molecule has 0 bridgehead atoms. The zero-order chi connectivity index (χ0) is 21.3. The van der Waals surface area contributed by atoms with E-state index >= 15 is 0 Å². The zero-order valence-electron chi connectivity index (χ0n) is 16.6. The highest BCUT2D eigenvalue weighted by Gasteiger charge is 2.31. The third-order valence-corrected chi connectivity index (χ3v) is 5.73. The maximum atomic E-state index is 13.0. The maximum Gasteiger partial charge on any atom is 0.416 e. The lowest BCUT2D eigenvalue weighted by Crippen LogP contribution is -2.37. The Morgan fingerprint density at radius 1 is 0.967 bits per heavy atom. The van der Waals surface area contributed by atoms with E-state index in [0.29, 0.717) is 25.1 Å². The van der Waals surface area contributed by atoms with Crippen LogP contribution in [0.1, 0.15) is 36.0 Å². The van der Waals surface area contributed by atoms with Gasteiger partial charge in [-0.2, -0.15) is 13.2 Å². The van der Waals surface area contributed by atoms with Crippen molar-refractivity contribution in [2.24, 2.45) is 0 Å². The molecule has 0 spiro atoms. The zero-order valence-corrected chi connectivity index (χ0v) is 16.6. The van der Waals surface area contributed by atoms with Crippen LogP contribution in [0.25, 0.3) is 16.3 Å². The van der Waals surface area contributed by atoms with Gasteiger partial charge in [0.05, 0.1) is 11.5 Å². The summed E-state index contributed by atoms with van der Waals surface area (Å²) >= 11 is 0. The minimum absolute atomic E-state index is 0.0321. The predicted octanol–water partition coefficient (Wildman–Crippen LogP) is 6.28. The van der Waals surface area contributed by atoms with Crippen molar-refractivity contribution in [1.29, 1.82) is 0 Å². The highest BCUT2D eigenvalue weighted by atomic mass is 19.4. The van der Waals surface area contributed by atoms with Gasteiger partial charge >= 0.3 is 6.18 Å². The summed E-state index contributed by atoms with van der Waals surface area (Å²) in [5.41, 5.74) is 1.73. The first kappa shape index (κ1) is 20.2. The van der Waals surface area contributed by atoms with E-state index in [1.165, 1.54) is 12.1 Å². The first-order chi connectivity index (χ1) is 14.3. The summed E-state index contributed by atoms with van der Waals surface area (Å²) < 4.78 is 38.9.